The number of rotatable bonds is 6. The van der Waals surface area contributed by atoms with Gasteiger partial charge in [0.15, 0.2) is 11.6 Å². The van der Waals surface area contributed by atoms with E-state index in [4.69, 9.17) is 4.98 Å². The zero-order chi connectivity index (χ0) is 30.9. The van der Waals surface area contributed by atoms with Gasteiger partial charge in [-0.25, -0.2) is 32.5 Å². The van der Waals surface area contributed by atoms with Crippen molar-refractivity contribution >= 4 is 23.0 Å². The van der Waals surface area contributed by atoms with Gasteiger partial charge in [-0.05, 0) is 60.7 Å². The lowest BCUT2D eigenvalue weighted by molar-refractivity contribution is 0.584. The van der Waals surface area contributed by atoms with Gasteiger partial charge >= 0.3 is 0 Å². The zero-order valence-electron chi connectivity index (χ0n) is 23.4. The van der Waals surface area contributed by atoms with E-state index in [-0.39, 0.29) is 22.8 Å². The van der Waals surface area contributed by atoms with Crippen LogP contribution in [0.25, 0.3) is 33.6 Å². The lowest BCUT2D eigenvalue weighted by Crippen LogP contribution is -2.45. The van der Waals surface area contributed by atoms with E-state index in [1.165, 1.54) is 24.3 Å². The second-order valence-electron chi connectivity index (χ2n) is 10.1. The van der Waals surface area contributed by atoms with Gasteiger partial charge in [-0.1, -0.05) is 30.3 Å². The van der Waals surface area contributed by atoms with Gasteiger partial charge in [0.1, 0.15) is 23.3 Å². The molecule has 0 radical (unpaired) electrons. The van der Waals surface area contributed by atoms with Crippen molar-refractivity contribution in [1.82, 2.24) is 20.4 Å². The molecule has 3 aromatic heterocycles. The molecular formula is C35H22F4N6. The summed E-state index contributed by atoms with van der Waals surface area (Å²) in [5.74, 6) is -2.45. The summed E-state index contributed by atoms with van der Waals surface area (Å²) in [6.45, 7) is 0. The number of nitrogens with one attached hydrogen (secondary N) is 1. The number of halogens is 4. The van der Waals surface area contributed by atoms with Crippen LogP contribution in [0, 0.1) is 23.3 Å². The third kappa shape index (κ3) is 5.12. The number of hydrogen-bond donors (Lipinski definition) is 1. The van der Waals surface area contributed by atoms with Crippen LogP contribution in [0.5, 0.6) is 0 Å². The van der Waals surface area contributed by atoms with E-state index in [9.17, 15) is 8.78 Å². The van der Waals surface area contributed by atoms with Crippen LogP contribution >= 0.6 is 0 Å². The molecule has 0 amide bonds. The third-order valence-electron chi connectivity index (χ3n) is 7.30. The second kappa shape index (κ2) is 11.6. The molecule has 0 spiro atoms. The SMILES string of the molecule is Fc1ccc(-c2cccnc2N2NC(c3ccccc3)=C(c3ccncc3)N2c2ncccc2-c2ccc(F)cc2F)c(F)c1. The third-order valence-corrected chi connectivity index (χ3v) is 7.30. The van der Waals surface area contributed by atoms with Crippen LogP contribution in [0.3, 0.4) is 0 Å². The Kier molecular flexibility index (Phi) is 7.14. The zero-order valence-corrected chi connectivity index (χ0v) is 23.4. The Morgan fingerprint density at radius 3 is 1.69 bits per heavy atom. The van der Waals surface area contributed by atoms with E-state index >= 15 is 8.78 Å². The van der Waals surface area contributed by atoms with Crippen LogP contribution in [0.15, 0.2) is 128 Å². The first-order valence-corrected chi connectivity index (χ1v) is 13.9. The first kappa shape index (κ1) is 27.8. The molecule has 7 rings (SSSR count). The molecule has 0 aliphatic carbocycles. The fourth-order valence-electron chi connectivity index (χ4n) is 5.31. The lowest BCUT2D eigenvalue weighted by Gasteiger charge is -2.33. The summed E-state index contributed by atoms with van der Waals surface area (Å²) >= 11 is 0. The lowest BCUT2D eigenvalue weighted by atomic mass is 10.0. The molecule has 0 bridgehead atoms. The van der Waals surface area contributed by atoms with E-state index in [2.05, 4.69) is 15.4 Å². The Bertz CT molecular complexity index is 2050. The highest BCUT2D eigenvalue weighted by Gasteiger charge is 2.37. The summed E-state index contributed by atoms with van der Waals surface area (Å²) in [6.07, 6.45) is 6.39. The highest BCUT2D eigenvalue weighted by molar-refractivity contribution is 6.03. The van der Waals surface area contributed by atoms with Crippen molar-refractivity contribution in [3.8, 4) is 22.3 Å². The molecule has 0 saturated heterocycles. The Labute approximate surface area is 255 Å². The van der Waals surface area contributed by atoms with Gasteiger partial charge in [-0.2, -0.15) is 5.12 Å². The summed E-state index contributed by atoms with van der Waals surface area (Å²) in [6, 6.07) is 26.5. The largest absolute Gasteiger partial charge is 0.275 e. The molecule has 6 nitrogen and oxygen atoms in total. The first-order chi connectivity index (χ1) is 22.0. The van der Waals surface area contributed by atoms with E-state index in [0.717, 1.165) is 23.3 Å². The Balaban J connectivity index is 1.52. The molecule has 6 aromatic rings. The first-order valence-electron chi connectivity index (χ1n) is 13.9. The van der Waals surface area contributed by atoms with Gasteiger partial charge in [0.2, 0.25) is 0 Å². The van der Waals surface area contributed by atoms with Crippen LogP contribution in [0.1, 0.15) is 11.1 Å². The summed E-state index contributed by atoms with van der Waals surface area (Å²) < 4.78 is 58.5. The Morgan fingerprint density at radius 2 is 1.09 bits per heavy atom. The van der Waals surface area contributed by atoms with Gasteiger partial charge < -0.3 is 0 Å². The molecule has 0 saturated carbocycles. The van der Waals surface area contributed by atoms with E-state index in [1.54, 1.807) is 59.2 Å². The maximum absolute atomic E-state index is 15.3. The summed E-state index contributed by atoms with van der Waals surface area (Å²) in [7, 11) is 0. The van der Waals surface area contributed by atoms with Gasteiger partial charge in [-0.15, -0.1) is 0 Å². The minimum Gasteiger partial charge on any atom is -0.275 e. The van der Waals surface area contributed by atoms with Crippen LogP contribution in [-0.2, 0) is 0 Å². The quantitative estimate of drug-likeness (QED) is 0.195. The van der Waals surface area contributed by atoms with E-state index < -0.39 is 23.3 Å². The standard InChI is InChI=1S/C35H22F4N6/c36-24-10-12-26(30(38)20-24)28-8-4-16-41-34(28)44-33(23-14-18-40-19-15-23)32(22-6-2-1-3-7-22)43-45(44)35-29(9-5-17-42-35)27-13-11-25(37)21-31(27)39/h1-21,43H. The smallest absolute Gasteiger partial charge is 0.178 e. The maximum Gasteiger partial charge on any atom is 0.178 e. The van der Waals surface area contributed by atoms with Gasteiger partial charge in [0.05, 0.1) is 11.4 Å². The summed E-state index contributed by atoms with van der Waals surface area (Å²) in [5, 5.41) is 3.30. The molecule has 4 heterocycles. The van der Waals surface area contributed by atoms with Crippen molar-refractivity contribution in [1.29, 1.82) is 0 Å². The molecule has 0 atom stereocenters. The molecule has 0 unspecified atom stereocenters. The summed E-state index contributed by atoms with van der Waals surface area (Å²) in [5.41, 5.74) is 7.12. The molecule has 1 N–H and O–H groups in total. The van der Waals surface area contributed by atoms with Crippen molar-refractivity contribution in [3.63, 3.8) is 0 Å². The molecule has 3 aromatic carbocycles. The van der Waals surface area contributed by atoms with Crippen molar-refractivity contribution < 1.29 is 17.6 Å². The number of hydrogen-bond acceptors (Lipinski definition) is 6. The summed E-state index contributed by atoms with van der Waals surface area (Å²) in [4.78, 5) is 13.5. The Morgan fingerprint density at radius 1 is 0.511 bits per heavy atom. The molecule has 1 aliphatic heterocycles. The highest BCUT2D eigenvalue weighted by atomic mass is 19.1. The molecule has 220 valence electrons. The average molecular weight is 603 g/mol. The van der Waals surface area contributed by atoms with Gasteiger partial charge in [0.25, 0.3) is 0 Å². The normalized spacial score (nSPS) is 12.9. The molecular weight excluding hydrogens is 580 g/mol. The minimum absolute atomic E-state index is 0.116. The van der Waals surface area contributed by atoms with E-state index in [0.29, 0.717) is 22.5 Å². The predicted octanol–water partition coefficient (Wildman–Crippen LogP) is 8.03. The average Bonchev–Trinajstić information content (AvgIpc) is 3.46. The topological polar surface area (TPSA) is 57.2 Å². The van der Waals surface area contributed by atoms with Gasteiger partial charge in [0, 0.05) is 70.3 Å². The number of pyridine rings is 3. The van der Waals surface area contributed by atoms with E-state index in [1.807, 2.05) is 42.5 Å². The minimum atomic E-state index is -0.771. The predicted molar refractivity (Wildman–Crippen MR) is 165 cm³/mol. The second-order valence-corrected chi connectivity index (χ2v) is 10.1. The van der Waals surface area contributed by atoms with Gasteiger partial charge in [-0.3, -0.25) is 10.4 Å². The highest BCUT2D eigenvalue weighted by Crippen LogP contribution is 2.44. The van der Waals surface area contributed by atoms with Crippen LogP contribution in [0.4, 0.5) is 29.2 Å². The van der Waals surface area contributed by atoms with Crippen molar-refractivity contribution in [2.45, 2.75) is 0 Å². The fraction of sp³-hybridized carbons (Fsp3) is 0. The van der Waals surface area contributed by atoms with Crippen LogP contribution in [-0.4, -0.2) is 15.0 Å². The van der Waals surface area contributed by atoms with Crippen molar-refractivity contribution in [2.24, 2.45) is 0 Å². The van der Waals surface area contributed by atoms with Crippen LogP contribution in [0.2, 0.25) is 0 Å². The number of nitrogens with zero attached hydrogens (tertiary/aromatic N) is 5. The molecule has 10 heteroatoms. The molecule has 0 fully saturated rings. The van der Waals surface area contributed by atoms with Crippen molar-refractivity contribution in [3.05, 3.63) is 162 Å². The molecule has 1 aliphatic rings. The number of benzene rings is 3. The van der Waals surface area contributed by atoms with Crippen molar-refractivity contribution in [2.75, 3.05) is 10.1 Å². The molecule has 45 heavy (non-hydrogen) atoms. The Hall–Kier alpha value is -6.03. The maximum atomic E-state index is 15.3. The fourth-order valence-corrected chi connectivity index (χ4v) is 5.31. The number of aromatic nitrogens is 3. The number of anilines is 2. The van der Waals surface area contributed by atoms with Crippen LogP contribution < -0.4 is 15.6 Å². The monoisotopic (exact) mass is 602 g/mol. The number of hydrazine groups is 2.